The van der Waals surface area contributed by atoms with Gasteiger partial charge in [-0.2, -0.15) is 0 Å². The standard InChI is InChI=1S/C25H31N3O2/c1-26-13-16-28-14-4-11-25(28)12-15-27(19-25)17-20-7-9-21(10-8-20)24-18-29-22-5-2-3-6-23(22)30-24/h2-3,5-10,13,24H,4,11-12,14-19H2,1H3/t24-,25?/m1/s1. The predicted octanol–water partition coefficient (Wildman–Crippen LogP) is 3.94. The van der Waals surface area contributed by atoms with Crippen molar-refractivity contribution in [1.82, 2.24) is 9.80 Å². The Hall–Kier alpha value is -2.37. The van der Waals surface area contributed by atoms with E-state index in [-0.39, 0.29) is 6.10 Å². The first-order chi connectivity index (χ1) is 14.8. The maximum atomic E-state index is 6.15. The van der Waals surface area contributed by atoms with Gasteiger partial charge < -0.3 is 9.47 Å². The first kappa shape index (κ1) is 19.6. The molecule has 0 bridgehead atoms. The van der Waals surface area contributed by atoms with Crippen molar-refractivity contribution in [1.29, 1.82) is 0 Å². The smallest absolute Gasteiger partial charge is 0.162 e. The number of hydrogen-bond donors (Lipinski definition) is 0. The summed E-state index contributed by atoms with van der Waals surface area (Å²) in [5.74, 6) is 1.66. The molecule has 3 aliphatic rings. The van der Waals surface area contributed by atoms with Crippen LogP contribution < -0.4 is 9.47 Å². The van der Waals surface area contributed by atoms with Gasteiger partial charge in [0.25, 0.3) is 0 Å². The molecule has 30 heavy (non-hydrogen) atoms. The monoisotopic (exact) mass is 405 g/mol. The quantitative estimate of drug-likeness (QED) is 0.706. The highest BCUT2D eigenvalue weighted by molar-refractivity contribution is 5.59. The summed E-state index contributed by atoms with van der Waals surface area (Å²) in [4.78, 5) is 9.47. The third-order valence-electron chi connectivity index (χ3n) is 6.90. The second-order valence-electron chi connectivity index (χ2n) is 8.78. The van der Waals surface area contributed by atoms with E-state index in [9.17, 15) is 0 Å². The summed E-state index contributed by atoms with van der Waals surface area (Å²) in [7, 11) is 1.87. The van der Waals surface area contributed by atoms with Crippen molar-refractivity contribution in [3.05, 3.63) is 59.7 Å². The molecule has 0 N–H and O–H groups in total. The zero-order valence-electron chi connectivity index (χ0n) is 17.8. The maximum absolute atomic E-state index is 6.15. The molecule has 0 radical (unpaired) electrons. The molecule has 0 saturated carbocycles. The minimum absolute atomic E-state index is 0.0451. The van der Waals surface area contributed by atoms with E-state index in [0.717, 1.165) is 24.6 Å². The largest absolute Gasteiger partial charge is 0.485 e. The Morgan fingerprint density at radius 3 is 2.73 bits per heavy atom. The van der Waals surface area contributed by atoms with Crippen LogP contribution in [-0.2, 0) is 6.54 Å². The second kappa shape index (κ2) is 8.40. The highest BCUT2D eigenvalue weighted by Crippen LogP contribution is 2.38. The van der Waals surface area contributed by atoms with E-state index in [2.05, 4.69) is 45.3 Å². The number of aliphatic imine (C=N–C) groups is 1. The first-order valence-corrected chi connectivity index (χ1v) is 11.1. The molecule has 2 atom stereocenters. The molecule has 0 amide bonds. The van der Waals surface area contributed by atoms with Crippen molar-refractivity contribution >= 4 is 6.21 Å². The van der Waals surface area contributed by atoms with Gasteiger partial charge in [0.15, 0.2) is 17.6 Å². The van der Waals surface area contributed by atoms with E-state index >= 15 is 0 Å². The number of fused-ring (bicyclic) bond motifs is 1. The van der Waals surface area contributed by atoms with Crippen LogP contribution in [0.2, 0.25) is 0 Å². The van der Waals surface area contributed by atoms with Crippen LogP contribution in [0.25, 0.3) is 0 Å². The molecule has 5 heteroatoms. The summed E-state index contributed by atoms with van der Waals surface area (Å²) < 4.78 is 12.0. The molecule has 158 valence electrons. The third-order valence-corrected chi connectivity index (χ3v) is 6.90. The fourth-order valence-corrected chi connectivity index (χ4v) is 5.28. The number of benzene rings is 2. The Morgan fingerprint density at radius 2 is 1.90 bits per heavy atom. The lowest BCUT2D eigenvalue weighted by Crippen LogP contribution is -2.46. The maximum Gasteiger partial charge on any atom is 0.162 e. The average molecular weight is 406 g/mol. The Kier molecular flexibility index (Phi) is 5.48. The van der Waals surface area contributed by atoms with Crippen molar-refractivity contribution in [3.63, 3.8) is 0 Å². The van der Waals surface area contributed by atoms with E-state index in [1.807, 2.05) is 31.3 Å². The van der Waals surface area contributed by atoms with Gasteiger partial charge in [-0.1, -0.05) is 36.4 Å². The van der Waals surface area contributed by atoms with Crippen LogP contribution in [0.1, 0.15) is 36.5 Å². The summed E-state index contributed by atoms with van der Waals surface area (Å²) in [5, 5.41) is 0. The molecule has 2 fully saturated rings. The van der Waals surface area contributed by atoms with Crippen LogP contribution in [0.3, 0.4) is 0 Å². The topological polar surface area (TPSA) is 37.3 Å². The van der Waals surface area contributed by atoms with Crippen LogP contribution in [0.4, 0.5) is 0 Å². The zero-order valence-corrected chi connectivity index (χ0v) is 17.8. The van der Waals surface area contributed by atoms with Crippen molar-refractivity contribution in [2.24, 2.45) is 4.99 Å². The van der Waals surface area contributed by atoms with Crippen LogP contribution in [-0.4, -0.2) is 61.4 Å². The molecule has 2 saturated heterocycles. The number of hydrogen-bond acceptors (Lipinski definition) is 5. The fraction of sp³-hybridized carbons (Fsp3) is 0.480. The number of rotatable bonds is 5. The van der Waals surface area contributed by atoms with Gasteiger partial charge in [-0.15, -0.1) is 0 Å². The Morgan fingerprint density at radius 1 is 1.07 bits per heavy atom. The highest BCUT2D eigenvalue weighted by atomic mass is 16.6. The van der Waals surface area contributed by atoms with Crippen molar-refractivity contribution in [2.45, 2.75) is 37.5 Å². The lowest BCUT2D eigenvalue weighted by atomic mass is 9.95. The highest BCUT2D eigenvalue weighted by Gasteiger charge is 2.45. The fourth-order valence-electron chi connectivity index (χ4n) is 5.28. The third kappa shape index (κ3) is 3.84. The van der Waals surface area contributed by atoms with Gasteiger partial charge in [-0.05, 0) is 49.1 Å². The molecule has 3 aliphatic heterocycles. The molecule has 2 aromatic rings. The predicted molar refractivity (Wildman–Crippen MR) is 120 cm³/mol. The van der Waals surface area contributed by atoms with Gasteiger partial charge in [-0.3, -0.25) is 14.8 Å². The number of ether oxygens (including phenoxy) is 2. The number of nitrogens with zero attached hydrogens (tertiary/aromatic N) is 3. The molecule has 0 aliphatic carbocycles. The average Bonchev–Trinajstić information content (AvgIpc) is 3.38. The molecule has 5 nitrogen and oxygen atoms in total. The molecular formula is C25H31N3O2. The zero-order chi connectivity index (χ0) is 20.4. The van der Waals surface area contributed by atoms with Crippen molar-refractivity contribution in [3.8, 4) is 11.5 Å². The second-order valence-corrected chi connectivity index (χ2v) is 8.78. The molecule has 1 unspecified atom stereocenters. The molecule has 2 aromatic carbocycles. The van der Waals surface area contributed by atoms with Crippen LogP contribution in [0.15, 0.2) is 53.5 Å². The normalized spacial score (nSPS) is 26.8. The number of para-hydroxylation sites is 2. The van der Waals surface area contributed by atoms with Gasteiger partial charge in [0.05, 0.1) is 0 Å². The van der Waals surface area contributed by atoms with E-state index in [0.29, 0.717) is 12.1 Å². The van der Waals surface area contributed by atoms with E-state index < -0.39 is 0 Å². The molecule has 3 heterocycles. The van der Waals surface area contributed by atoms with Gasteiger partial charge in [-0.25, -0.2) is 0 Å². The molecule has 0 aromatic heterocycles. The summed E-state index contributed by atoms with van der Waals surface area (Å²) in [6.07, 6.45) is 5.92. The van der Waals surface area contributed by atoms with Crippen molar-refractivity contribution in [2.75, 3.05) is 39.8 Å². The minimum atomic E-state index is -0.0451. The lowest BCUT2D eigenvalue weighted by molar-refractivity contribution is 0.0913. The summed E-state index contributed by atoms with van der Waals surface area (Å²) in [6, 6.07) is 16.8. The van der Waals surface area contributed by atoms with Crippen LogP contribution >= 0.6 is 0 Å². The van der Waals surface area contributed by atoms with E-state index in [1.54, 1.807) is 0 Å². The minimum Gasteiger partial charge on any atom is -0.485 e. The molecule has 1 spiro atoms. The van der Waals surface area contributed by atoms with E-state index in [4.69, 9.17) is 9.47 Å². The Balaban J connectivity index is 1.20. The lowest BCUT2D eigenvalue weighted by Gasteiger charge is -2.34. The van der Waals surface area contributed by atoms with Gasteiger partial charge in [0.2, 0.25) is 0 Å². The van der Waals surface area contributed by atoms with Gasteiger partial charge in [0.1, 0.15) is 6.61 Å². The van der Waals surface area contributed by atoms with Crippen LogP contribution in [0.5, 0.6) is 11.5 Å². The summed E-state index contributed by atoms with van der Waals surface area (Å²) in [5.41, 5.74) is 2.90. The molecular weight excluding hydrogens is 374 g/mol. The Labute approximate surface area is 179 Å². The number of likely N-dealkylation sites (tertiary alicyclic amines) is 2. The van der Waals surface area contributed by atoms with Crippen LogP contribution in [0, 0.1) is 0 Å². The van der Waals surface area contributed by atoms with Crippen molar-refractivity contribution < 1.29 is 9.47 Å². The Bertz CT molecular complexity index is 898. The summed E-state index contributed by atoms with van der Waals surface area (Å²) >= 11 is 0. The SMILES string of the molecule is CN=CCN1CCCC12CCN(Cc1ccc([C@H]3COc4ccccc4O3)cc1)C2. The summed E-state index contributed by atoms with van der Waals surface area (Å²) in [6.45, 7) is 6.12. The van der Waals surface area contributed by atoms with Gasteiger partial charge >= 0.3 is 0 Å². The van der Waals surface area contributed by atoms with E-state index in [1.165, 1.54) is 50.0 Å². The van der Waals surface area contributed by atoms with Gasteiger partial charge in [0, 0.05) is 45.0 Å². The molecule has 5 rings (SSSR count). The first-order valence-electron chi connectivity index (χ1n) is 11.1.